The number of hydrogen-bond acceptors (Lipinski definition) is 3. The lowest BCUT2D eigenvalue weighted by Gasteiger charge is -2.09. The second-order valence-corrected chi connectivity index (χ2v) is 2.91. The third kappa shape index (κ3) is 1.94. The molecule has 0 aliphatic carbocycles. The minimum Gasteiger partial charge on any atom is -0.478 e. The topological polar surface area (TPSA) is 77.8 Å². The van der Waals surface area contributed by atoms with Crippen LogP contribution in [0.5, 0.6) is 0 Å². The Labute approximate surface area is 82.0 Å². The molecule has 1 rings (SSSR count). The standard InChI is InChI=1S/C9H11BO4/c1-2-6-7(9(11)12)4-3-5-8(6)10(13)14/h3-5,13-14H,2H2,1H3,(H,11,12). The number of aromatic carboxylic acids is 1. The molecule has 0 heterocycles. The monoisotopic (exact) mass is 194 g/mol. The van der Waals surface area contributed by atoms with Crippen LogP contribution in [0, 0.1) is 0 Å². The van der Waals surface area contributed by atoms with Crippen molar-refractivity contribution in [3.63, 3.8) is 0 Å². The Balaban J connectivity index is 3.32. The van der Waals surface area contributed by atoms with Crippen molar-refractivity contribution in [1.29, 1.82) is 0 Å². The molecular formula is C9H11BO4. The molecule has 0 aliphatic rings. The molecule has 5 heteroatoms. The Morgan fingerprint density at radius 1 is 1.43 bits per heavy atom. The van der Waals surface area contributed by atoms with Crippen LogP contribution in [0.1, 0.15) is 22.8 Å². The zero-order valence-corrected chi connectivity index (χ0v) is 7.77. The first kappa shape index (κ1) is 10.8. The van der Waals surface area contributed by atoms with Crippen LogP contribution in [0.25, 0.3) is 0 Å². The maximum Gasteiger partial charge on any atom is 0.488 e. The van der Waals surface area contributed by atoms with Crippen molar-refractivity contribution in [2.45, 2.75) is 13.3 Å². The van der Waals surface area contributed by atoms with Crippen molar-refractivity contribution in [2.24, 2.45) is 0 Å². The molecule has 0 fully saturated rings. The van der Waals surface area contributed by atoms with Gasteiger partial charge >= 0.3 is 13.1 Å². The van der Waals surface area contributed by atoms with Crippen molar-refractivity contribution in [3.05, 3.63) is 29.3 Å². The molecule has 14 heavy (non-hydrogen) atoms. The van der Waals surface area contributed by atoms with Crippen molar-refractivity contribution in [2.75, 3.05) is 0 Å². The quantitative estimate of drug-likeness (QED) is 0.573. The number of rotatable bonds is 3. The molecular weight excluding hydrogens is 183 g/mol. The summed E-state index contributed by atoms with van der Waals surface area (Å²) < 4.78 is 0. The van der Waals surface area contributed by atoms with E-state index in [2.05, 4.69) is 0 Å². The van der Waals surface area contributed by atoms with Gasteiger partial charge in [-0.15, -0.1) is 0 Å². The van der Waals surface area contributed by atoms with Crippen LogP contribution in [-0.4, -0.2) is 28.2 Å². The highest BCUT2D eigenvalue weighted by Gasteiger charge is 2.19. The molecule has 1 aromatic carbocycles. The second-order valence-electron chi connectivity index (χ2n) is 2.91. The smallest absolute Gasteiger partial charge is 0.478 e. The Morgan fingerprint density at radius 2 is 2.07 bits per heavy atom. The zero-order valence-electron chi connectivity index (χ0n) is 7.77. The van der Waals surface area contributed by atoms with E-state index in [9.17, 15) is 4.79 Å². The van der Waals surface area contributed by atoms with E-state index >= 15 is 0 Å². The molecule has 0 unspecified atom stereocenters. The lowest BCUT2D eigenvalue weighted by molar-refractivity contribution is 0.0696. The Kier molecular flexibility index (Phi) is 3.27. The highest BCUT2D eigenvalue weighted by molar-refractivity contribution is 6.59. The summed E-state index contributed by atoms with van der Waals surface area (Å²) in [7, 11) is -1.62. The summed E-state index contributed by atoms with van der Waals surface area (Å²) >= 11 is 0. The van der Waals surface area contributed by atoms with Gasteiger partial charge in [0.2, 0.25) is 0 Å². The van der Waals surface area contributed by atoms with Crippen LogP contribution < -0.4 is 5.46 Å². The Bertz CT molecular complexity index is 349. The molecule has 1 aromatic rings. The number of hydrogen-bond donors (Lipinski definition) is 3. The Hall–Kier alpha value is -1.33. The molecule has 4 nitrogen and oxygen atoms in total. The SMILES string of the molecule is CCc1c(B(O)O)cccc1C(=O)O. The van der Waals surface area contributed by atoms with Gasteiger partial charge in [0.25, 0.3) is 0 Å². The molecule has 0 aromatic heterocycles. The molecule has 0 amide bonds. The van der Waals surface area contributed by atoms with Crippen molar-refractivity contribution < 1.29 is 19.9 Å². The average molecular weight is 194 g/mol. The van der Waals surface area contributed by atoms with E-state index in [0.29, 0.717) is 12.0 Å². The van der Waals surface area contributed by atoms with Crippen molar-refractivity contribution >= 4 is 18.6 Å². The molecule has 74 valence electrons. The first-order chi connectivity index (χ1) is 6.57. The van der Waals surface area contributed by atoms with E-state index < -0.39 is 13.1 Å². The van der Waals surface area contributed by atoms with Gasteiger partial charge in [-0.1, -0.05) is 19.1 Å². The molecule has 0 aliphatic heterocycles. The van der Waals surface area contributed by atoms with Crippen LogP contribution in [0.2, 0.25) is 0 Å². The molecule has 3 N–H and O–H groups in total. The maximum absolute atomic E-state index is 10.8. The second kappa shape index (κ2) is 4.26. The first-order valence-corrected chi connectivity index (χ1v) is 4.29. The molecule has 0 saturated heterocycles. The van der Waals surface area contributed by atoms with Crippen LogP contribution in [0.3, 0.4) is 0 Å². The fourth-order valence-corrected chi connectivity index (χ4v) is 1.44. The predicted molar refractivity (Wildman–Crippen MR) is 52.6 cm³/mol. The highest BCUT2D eigenvalue weighted by atomic mass is 16.4. The van der Waals surface area contributed by atoms with Crippen LogP contribution in [0.4, 0.5) is 0 Å². The average Bonchev–Trinajstić information content (AvgIpc) is 2.16. The predicted octanol–water partition coefficient (Wildman–Crippen LogP) is -0.373. The van der Waals surface area contributed by atoms with E-state index in [4.69, 9.17) is 15.2 Å². The summed E-state index contributed by atoms with van der Waals surface area (Å²) in [5.74, 6) is -1.05. The summed E-state index contributed by atoms with van der Waals surface area (Å²) in [5.41, 5.74) is 0.848. The first-order valence-electron chi connectivity index (χ1n) is 4.29. The minimum atomic E-state index is -1.62. The molecule has 0 radical (unpaired) electrons. The maximum atomic E-state index is 10.8. The van der Waals surface area contributed by atoms with E-state index in [-0.39, 0.29) is 11.0 Å². The molecule has 0 saturated carbocycles. The molecule has 0 atom stereocenters. The van der Waals surface area contributed by atoms with Crippen LogP contribution in [-0.2, 0) is 6.42 Å². The summed E-state index contributed by atoms with van der Waals surface area (Å²) in [5, 5.41) is 26.8. The third-order valence-electron chi connectivity index (χ3n) is 2.07. The van der Waals surface area contributed by atoms with Gasteiger partial charge in [-0.05, 0) is 23.5 Å². The van der Waals surface area contributed by atoms with Gasteiger partial charge in [0.1, 0.15) is 0 Å². The zero-order chi connectivity index (χ0) is 10.7. The summed E-state index contributed by atoms with van der Waals surface area (Å²) in [6.07, 6.45) is 0.454. The van der Waals surface area contributed by atoms with Crippen molar-refractivity contribution in [3.8, 4) is 0 Å². The van der Waals surface area contributed by atoms with E-state index in [1.54, 1.807) is 6.92 Å². The van der Waals surface area contributed by atoms with Gasteiger partial charge in [0.15, 0.2) is 0 Å². The van der Waals surface area contributed by atoms with E-state index in [1.807, 2.05) is 0 Å². The largest absolute Gasteiger partial charge is 0.488 e. The molecule has 0 bridgehead atoms. The highest BCUT2D eigenvalue weighted by Crippen LogP contribution is 2.07. The van der Waals surface area contributed by atoms with Gasteiger partial charge in [0.05, 0.1) is 5.56 Å². The lowest BCUT2D eigenvalue weighted by atomic mass is 9.75. The minimum absolute atomic E-state index is 0.123. The van der Waals surface area contributed by atoms with Gasteiger partial charge in [-0.2, -0.15) is 0 Å². The normalized spacial score (nSPS) is 9.93. The lowest BCUT2D eigenvalue weighted by Crippen LogP contribution is -2.34. The summed E-state index contributed by atoms with van der Waals surface area (Å²) in [4.78, 5) is 10.8. The van der Waals surface area contributed by atoms with Gasteiger partial charge in [0, 0.05) is 0 Å². The van der Waals surface area contributed by atoms with Crippen LogP contribution in [0.15, 0.2) is 18.2 Å². The number of carbonyl (C=O) groups is 1. The third-order valence-corrected chi connectivity index (χ3v) is 2.07. The van der Waals surface area contributed by atoms with Gasteiger partial charge < -0.3 is 15.2 Å². The Morgan fingerprint density at radius 3 is 2.50 bits per heavy atom. The number of carboxylic acids is 1. The fourth-order valence-electron chi connectivity index (χ4n) is 1.44. The van der Waals surface area contributed by atoms with Gasteiger partial charge in [-0.3, -0.25) is 0 Å². The van der Waals surface area contributed by atoms with E-state index in [0.717, 1.165) is 0 Å². The fraction of sp³-hybridized carbons (Fsp3) is 0.222. The van der Waals surface area contributed by atoms with Gasteiger partial charge in [-0.25, -0.2) is 4.79 Å². The summed E-state index contributed by atoms with van der Waals surface area (Å²) in [6.45, 7) is 1.77. The van der Waals surface area contributed by atoms with Crippen molar-refractivity contribution in [1.82, 2.24) is 0 Å². The van der Waals surface area contributed by atoms with E-state index in [1.165, 1.54) is 18.2 Å². The molecule has 0 spiro atoms. The number of carboxylic acid groups (broad SMARTS) is 1. The van der Waals surface area contributed by atoms with Crippen LogP contribution >= 0.6 is 0 Å². The number of benzene rings is 1. The summed E-state index contributed by atoms with van der Waals surface area (Å²) in [6, 6.07) is 4.46.